The molecule has 6 heteroatoms. The quantitative estimate of drug-likeness (QED) is 0.790. The number of methoxy groups -OCH3 is 1. The van der Waals surface area contributed by atoms with Crippen LogP contribution in [0.15, 0.2) is 0 Å². The summed E-state index contributed by atoms with van der Waals surface area (Å²) in [6, 6.07) is 0. The van der Waals surface area contributed by atoms with Gasteiger partial charge in [0.25, 0.3) is 0 Å². The summed E-state index contributed by atoms with van der Waals surface area (Å²) in [7, 11) is 1.63. The van der Waals surface area contributed by atoms with E-state index < -0.39 is 0 Å². The van der Waals surface area contributed by atoms with Crippen LogP contribution in [0.3, 0.4) is 0 Å². The first kappa shape index (κ1) is 15.7. The summed E-state index contributed by atoms with van der Waals surface area (Å²) in [6.07, 6.45) is 2.56. The molecular weight excluding hydrogens is 282 g/mol. The van der Waals surface area contributed by atoms with Crippen molar-refractivity contribution in [2.45, 2.75) is 19.3 Å². The third-order valence-electron chi connectivity index (χ3n) is 5.46. The fraction of sp³-hybridized carbons (Fsp3) is 0.875. The molecule has 6 nitrogen and oxygen atoms in total. The molecule has 3 aliphatic heterocycles. The zero-order valence-electron chi connectivity index (χ0n) is 13.4. The third kappa shape index (κ3) is 3.27. The number of amides is 2. The average molecular weight is 309 g/mol. The Bertz CT molecular complexity index is 415. The maximum absolute atomic E-state index is 12.7. The first-order valence-corrected chi connectivity index (χ1v) is 8.45. The molecule has 0 spiro atoms. The highest BCUT2D eigenvalue weighted by atomic mass is 16.5. The topological polar surface area (TPSA) is 61.9 Å². The van der Waals surface area contributed by atoms with E-state index in [-0.39, 0.29) is 17.7 Å². The van der Waals surface area contributed by atoms with Crippen LogP contribution >= 0.6 is 0 Å². The fourth-order valence-electron chi connectivity index (χ4n) is 4.05. The molecule has 3 saturated heterocycles. The maximum Gasteiger partial charge on any atom is 0.227 e. The van der Waals surface area contributed by atoms with E-state index in [2.05, 4.69) is 5.32 Å². The van der Waals surface area contributed by atoms with Crippen LogP contribution in [0.4, 0.5) is 0 Å². The molecule has 3 rings (SSSR count). The Morgan fingerprint density at radius 1 is 1.27 bits per heavy atom. The standard InChI is InChI=1S/C16H27N3O3/c1-22-7-6-19-11-14(8-15(19)20)16(21)18-4-2-12-9-17-10-13(12)3-5-18/h12-14,17H,2-11H2,1H3/t12-,13+,14?. The summed E-state index contributed by atoms with van der Waals surface area (Å²) in [5, 5.41) is 3.46. The number of carbonyl (C=O) groups excluding carboxylic acids is 2. The lowest BCUT2D eigenvalue weighted by Crippen LogP contribution is -2.38. The Kier molecular flexibility index (Phi) is 4.98. The Morgan fingerprint density at radius 3 is 2.59 bits per heavy atom. The monoisotopic (exact) mass is 309 g/mol. The van der Waals surface area contributed by atoms with Crippen molar-refractivity contribution in [2.75, 3.05) is 53.0 Å². The van der Waals surface area contributed by atoms with E-state index in [0.717, 1.165) is 50.9 Å². The molecule has 0 aromatic carbocycles. The summed E-state index contributed by atoms with van der Waals surface area (Å²) in [5.74, 6) is 1.57. The molecule has 124 valence electrons. The van der Waals surface area contributed by atoms with Gasteiger partial charge < -0.3 is 19.9 Å². The van der Waals surface area contributed by atoms with Gasteiger partial charge in [-0.3, -0.25) is 9.59 Å². The third-order valence-corrected chi connectivity index (χ3v) is 5.46. The largest absolute Gasteiger partial charge is 0.383 e. The second-order valence-corrected chi connectivity index (χ2v) is 6.81. The van der Waals surface area contributed by atoms with Gasteiger partial charge in [-0.1, -0.05) is 0 Å². The number of nitrogens with zero attached hydrogens (tertiary/aromatic N) is 2. The molecule has 0 bridgehead atoms. The molecular formula is C16H27N3O3. The van der Waals surface area contributed by atoms with Gasteiger partial charge in [0.15, 0.2) is 0 Å². The number of hydrogen-bond donors (Lipinski definition) is 1. The van der Waals surface area contributed by atoms with Crippen molar-refractivity contribution in [3.63, 3.8) is 0 Å². The van der Waals surface area contributed by atoms with Crippen molar-refractivity contribution >= 4 is 11.8 Å². The zero-order chi connectivity index (χ0) is 15.5. The van der Waals surface area contributed by atoms with Crippen molar-refractivity contribution in [3.05, 3.63) is 0 Å². The van der Waals surface area contributed by atoms with Crippen LogP contribution in [0.5, 0.6) is 0 Å². The first-order valence-electron chi connectivity index (χ1n) is 8.45. The Balaban J connectivity index is 1.54. The maximum atomic E-state index is 12.7. The summed E-state index contributed by atoms with van der Waals surface area (Å²) >= 11 is 0. The molecule has 3 fully saturated rings. The number of hydrogen-bond acceptors (Lipinski definition) is 4. The van der Waals surface area contributed by atoms with Crippen LogP contribution < -0.4 is 5.32 Å². The Morgan fingerprint density at radius 2 is 1.95 bits per heavy atom. The minimum absolute atomic E-state index is 0.0892. The van der Waals surface area contributed by atoms with Crippen LogP contribution in [0.25, 0.3) is 0 Å². The summed E-state index contributed by atoms with van der Waals surface area (Å²) < 4.78 is 5.03. The van der Waals surface area contributed by atoms with Gasteiger partial charge in [-0.2, -0.15) is 0 Å². The predicted molar refractivity (Wildman–Crippen MR) is 82.2 cm³/mol. The second-order valence-electron chi connectivity index (χ2n) is 6.81. The molecule has 0 aliphatic carbocycles. The van der Waals surface area contributed by atoms with E-state index in [1.54, 1.807) is 12.0 Å². The van der Waals surface area contributed by atoms with Crippen LogP contribution in [0, 0.1) is 17.8 Å². The molecule has 0 saturated carbocycles. The van der Waals surface area contributed by atoms with E-state index in [1.807, 2.05) is 4.90 Å². The molecule has 0 aromatic heterocycles. The molecule has 3 heterocycles. The smallest absolute Gasteiger partial charge is 0.227 e. The van der Waals surface area contributed by atoms with Crippen LogP contribution in [-0.4, -0.2) is 74.6 Å². The molecule has 2 amide bonds. The van der Waals surface area contributed by atoms with Crippen molar-refractivity contribution in [3.8, 4) is 0 Å². The second kappa shape index (κ2) is 6.96. The summed E-state index contributed by atoms with van der Waals surface area (Å²) in [5.41, 5.74) is 0. The van der Waals surface area contributed by atoms with Crippen molar-refractivity contribution in [2.24, 2.45) is 17.8 Å². The zero-order valence-corrected chi connectivity index (χ0v) is 13.4. The molecule has 22 heavy (non-hydrogen) atoms. The first-order chi connectivity index (χ1) is 10.7. The van der Waals surface area contributed by atoms with Crippen LogP contribution in [-0.2, 0) is 14.3 Å². The lowest BCUT2D eigenvalue weighted by Gasteiger charge is -2.24. The van der Waals surface area contributed by atoms with Crippen LogP contribution in [0.1, 0.15) is 19.3 Å². The minimum atomic E-state index is -0.152. The Labute approximate surface area is 132 Å². The fourth-order valence-corrected chi connectivity index (χ4v) is 4.05. The molecule has 0 radical (unpaired) electrons. The van der Waals surface area contributed by atoms with Gasteiger partial charge in [0.05, 0.1) is 12.5 Å². The summed E-state index contributed by atoms with van der Waals surface area (Å²) in [6.45, 7) is 5.58. The number of ether oxygens (including phenoxy) is 1. The molecule has 1 N–H and O–H groups in total. The van der Waals surface area contributed by atoms with Gasteiger partial charge in [-0.05, 0) is 37.8 Å². The van der Waals surface area contributed by atoms with Gasteiger partial charge in [0, 0.05) is 39.7 Å². The average Bonchev–Trinajstić information content (AvgIpc) is 3.06. The van der Waals surface area contributed by atoms with E-state index in [0.29, 0.717) is 26.1 Å². The van der Waals surface area contributed by atoms with E-state index in [4.69, 9.17) is 4.74 Å². The number of carbonyl (C=O) groups is 2. The molecule has 1 unspecified atom stereocenters. The van der Waals surface area contributed by atoms with Gasteiger partial charge in [-0.25, -0.2) is 0 Å². The van der Waals surface area contributed by atoms with E-state index in [1.165, 1.54) is 0 Å². The highest BCUT2D eigenvalue weighted by Gasteiger charge is 2.38. The summed E-state index contributed by atoms with van der Waals surface area (Å²) in [4.78, 5) is 28.5. The highest BCUT2D eigenvalue weighted by molar-refractivity contribution is 5.89. The predicted octanol–water partition coefficient (Wildman–Crippen LogP) is -0.0607. The minimum Gasteiger partial charge on any atom is -0.383 e. The lowest BCUT2D eigenvalue weighted by molar-refractivity contribution is -0.135. The van der Waals surface area contributed by atoms with Crippen molar-refractivity contribution in [1.82, 2.24) is 15.1 Å². The number of rotatable bonds is 4. The number of nitrogens with one attached hydrogen (secondary N) is 1. The molecule has 3 atom stereocenters. The van der Waals surface area contributed by atoms with Crippen molar-refractivity contribution in [1.29, 1.82) is 0 Å². The van der Waals surface area contributed by atoms with Gasteiger partial charge in [0.2, 0.25) is 11.8 Å². The Hall–Kier alpha value is -1.14. The van der Waals surface area contributed by atoms with Gasteiger partial charge in [0.1, 0.15) is 0 Å². The highest BCUT2D eigenvalue weighted by Crippen LogP contribution is 2.29. The van der Waals surface area contributed by atoms with Crippen molar-refractivity contribution < 1.29 is 14.3 Å². The normalized spacial score (nSPS) is 32.2. The lowest BCUT2D eigenvalue weighted by atomic mass is 9.92. The number of fused-ring (bicyclic) bond motifs is 1. The van der Waals surface area contributed by atoms with E-state index >= 15 is 0 Å². The van der Waals surface area contributed by atoms with E-state index in [9.17, 15) is 9.59 Å². The van der Waals surface area contributed by atoms with Gasteiger partial charge in [-0.15, -0.1) is 0 Å². The molecule has 0 aromatic rings. The van der Waals surface area contributed by atoms with Crippen LogP contribution in [0.2, 0.25) is 0 Å². The SMILES string of the molecule is COCCN1CC(C(=O)N2CC[C@@H]3CNC[C@@H]3CC2)CC1=O. The number of likely N-dealkylation sites (tertiary alicyclic amines) is 2. The van der Waals surface area contributed by atoms with Gasteiger partial charge >= 0.3 is 0 Å². The molecule has 3 aliphatic rings.